The van der Waals surface area contributed by atoms with E-state index in [0.29, 0.717) is 31.9 Å². The van der Waals surface area contributed by atoms with Crippen LogP contribution in [0.2, 0.25) is 0 Å². The van der Waals surface area contributed by atoms with Gasteiger partial charge in [0.25, 0.3) is 0 Å². The first kappa shape index (κ1) is 13.0. The van der Waals surface area contributed by atoms with E-state index in [2.05, 4.69) is 4.90 Å². The molecule has 2 aliphatic heterocycles. The Hall–Kier alpha value is -2.04. The smallest absolute Gasteiger partial charge is 0.349 e. The maximum atomic E-state index is 12.1. The predicted octanol–water partition coefficient (Wildman–Crippen LogP) is 1.71. The highest BCUT2D eigenvalue weighted by molar-refractivity contribution is 6.06. The fraction of sp³-hybridized carbons (Fsp3) is 0.467. The highest BCUT2D eigenvalue weighted by Gasteiger charge is 2.37. The van der Waals surface area contributed by atoms with Gasteiger partial charge < -0.3 is 14.4 Å². The van der Waals surface area contributed by atoms with Gasteiger partial charge in [0.05, 0.1) is 18.8 Å². The molecule has 1 atom stereocenters. The van der Waals surface area contributed by atoms with E-state index >= 15 is 0 Å². The maximum Gasteiger partial charge on any atom is 0.349 e. The molecule has 20 heavy (non-hydrogen) atoms. The van der Waals surface area contributed by atoms with Crippen LogP contribution in [0, 0.1) is 6.92 Å². The largest absolute Gasteiger partial charge is 0.475 e. The summed E-state index contributed by atoms with van der Waals surface area (Å²) in [4.78, 5) is 26.0. The van der Waals surface area contributed by atoms with Crippen LogP contribution in [0.15, 0.2) is 12.1 Å². The van der Waals surface area contributed by atoms with Crippen LogP contribution in [0.4, 0.5) is 5.69 Å². The van der Waals surface area contributed by atoms with E-state index in [0.717, 1.165) is 16.8 Å². The van der Waals surface area contributed by atoms with Crippen LogP contribution in [-0.4, -0.2) is 37.6 Å². The summed E-state index contributed by atoms with van der Waals surface area (Å²) in [7, 11) is 0. The van der Waals surface area contributed by atoms with Gasteiger partial charge >= 0.3 is 5.97 Å². The van der Waals surface area contributed by atoms with E-state index in [-0.39, 0.29) is 11.8 Å². The number of rotatable bonds is 2. The summed E-state index contributed by atoms with van der Waals surface area (Å²) in [6.07, 6.45) is -0.140. The molecule has 106 valence electrons. The van der Waals surface area contributed by atoms with E-state index in [9.17, 15) is 9.59 Å². The van der Waals surface area contributed by atoms with Crippen LogP contribution in [-0.2, 0) is 9.53 Å². The van der Waals surface area contributed by atoms with Gasteiger partial charge in [-0.05, 0) is 25.5 Å². The first-order chi connectivity index (χ1) is 9.61. The zero-order valence-corrected chi connectivity index (χ0v) is 11.6. The topological polar surface area (TPSA) is 55.8 Å². The molecule has 0 aromatic heterocycles. The van der Waals surface area contributed by atoms with Crippen LogP contribution in [0.1, 0.15) is 29.3 Å². The summed E-state index contributed by atoms with van der Waals surface area (Å²) in [6.45, 7) is 5.10. The summed E-state index contributed by atoms with van der Waals surface area (Å²) in [5.41, 5.74) is 2.52. The second-order valence-corrected chi connectivity index (χ2v) is 5.08. The number of esters is 1. The number of anilines is 1. The molecule has 3 rings (SSSR count). The van der Waals surface area contributed by atoms with Crippen molar-refractivity contribution in [1.82, 2.24) is 0 Å². The molecule has 0 amide bonds. The molecule has 0 radical (unpaired) electrons. The molecule has 0 N–H and O–H groups in total. The monoisotopic (exact) mass is 275 g/mol. The average Bonchev–Trinajstić information content (AvgIpc) is 2.44. The van der Waals surface area contributed by atoms with Gasteiger partial charge in [-0.25, -0.2) is 4.79 Å². The summed E-state index contributed by atoms with van der Waals surface area (Å²) >= 11 is 0. The molecule has 5 heteroatoms. The molecule has 0 saturated carbocycles. The third kappa shape index (κ3) is 1.94. The van der Waals surface area contributed by atoms with Crippen LogP contribution >= 0.6 is 0 Å². The Balaban J connectivity index is 2.00. The first-order valence-electron chi connectivity index (χ1n) is 6.87. The molecular weight excluding hydrogens is 258 g/mol. The molecule has 0 spiro atoms. The second kappa shape index (κ2) is 4.81. The molecule has 0 bridgehead atoms. The first-order valence-corrected chi connectivity index (χ1v) is 6.87. The Bertz CT molecular complexity index is 581. The van der Waals surface area contributed by atoms with Crippen LogP contribution in [0.25, 0.3) is 0 Å². The Kier molecular flexibility index (Phi) is 3.12. The lowest BCUT2D eigenvalue weighted by molar-refractivity contribution is -0.151. The van der Waals surface area contributed by atoms with Gasteiger partial charge in [-0.15, -0.1) is 0 Å². The van der Waals surface area contributed by atoms with Gasteiger partial charge in [0.15, 0.2) is 5.78 Å². The minimum atomic E-state index is -0.619. The number of carbonyl (C=O) groups excluding carboxylic acids is 2. The number of carbonyl (C=O) groups is 2. The molecule has 0 saturated heterocycles. The highest BCUT2D eigenvalue weighted by Crippen LogP contribution is 2.41. The highest BCUT2D eigenvalue weighted by atomic mass is 16.6. The van der Waals surface area contributed by atoms with Crippen LogP contribution in [0.5, 0.6) is 5.75 Å². The van der Waals surface area contributed by atoms with Gasteiger partial charge in [0.1, 0.15) is 5.75 Å². The van der Waals surface area contributed by atoms with Crippen molar-refractivity contribution in [2.24, 2.45) is 0 Å². The van der Waals surface area contributed by atoms with Gasteiger partial charge in [-0.1, -0.05) is 6.07 Å². The molecule has 0 aliphatic carbocycles. The summed E-state index contributed by atoms with van der Waals surface area (Å²) in [5, 5.41) is 0. The Morgan fingerprint density at radius 1 is 1.50 bits per heavy atom. The van der Waals surface area contributed by atoms with Crippen molar-refractivity contribution in [1.29, 1.82) is 0 Å². The van der Waals surface area contributed by atoms with Gasteiger partial charge in [0, 0.05) is 18.5 Å². The normalized spacial score (nSPS) is 20.2. The van der Waals surface area contributed by atoms with E-state index < -0.39 is 6.10 Å². The van der Waals surface area contributed by atoms with Crippen molar-refractivity contribution in [3.8, 4) is 5.75 Å². The lowest BCUT2D eigenvalue weighted by Gasteiger charge is -2.39. The molecule has 5 nitrogen and oxygen atoms in total. The Labute approximate surface area is 117 Å². The second-order valence-electron chi connectivity index (χ2n) is 5.08. The molecular formula is C15H17NO4. The van der Waals surface area contributed by atoms with Crippen molar-refractivity contribution in [2.45, 2.75) is 26.4 Å². The number of benzene rings is 1. The van der Waals surface area contributed by atoms with Gasteiger partial charge in [-0.2, -0.15) is 0 Å². The van der Waals surface area contributed by atoms with Gasteiger partial charge in [0.2, 0.25) is 6.10 Å². The molecule has 1 aromatic carbocycles. The minimum absolute atomic E-state index is 0.147. The molecule has 2 aliphatic rings. The molecule has 1 aromatic rings. The van der Waals surface area contributed by atoms with Gasteiger partial charge in [-0.3, -0.25) is 4.79 Å². The third-order valence-corrected chi connectivity index (χ3v) is 3.76. The number of aryl methyl sites for hydroxylation is 1. The van der Waals surface area contributed by atoms with Crippen LogP contribution in [0.3, 0.4) is 0 Å². The summed E-state index contributed by atoms with van der Waals surface area (Å²) in [6, 6.07) is 3.69. The SMILES string of the molecule is CCOC(=O)C1CN2CCC(=O)c3c(C)ccc(c32)O1. The van der Waals surface area contributed by atoms with Crippen molar-refractivity contribution < 1.29 is 19.1 Å². The average molecular weight is 275 g/mol. The van der Waals surface area contributed by atoms with Crippen molar-refractivity contribution in [3.05, 3.63) is 23.3 Å². The Morgan fingerprint density at radius 2 is 2.30 bits per heavy atom. The minimum Gasteiger partial charge on any atom is -0.475 e. The summed E-state index contributed by atoms with van der Waals surface area (Å²) in [5.74, 6) is 0.397. The fourth-order valence-corrected chi connectivity index (χ4v) is 2.84. The third-order valence-electron chi connectivity index (χ3n) is 3.76. The lowest BCUT2D eigenvalue weighted by Crippen LogP contribution is -2.48. The van der Waals surface area contributed by atoms with Crippen molar-refractivity contribution in [2.75, 3.05) is 24.6 Å². The number of hydrogen-bond donors (Lipinski definition) is 0. The number of nitrogens with zero attached hydrogens (tertiary/aromatic N) is 1. The zero-order valence-electron chi connectivity index (χ0n) is 11.6. The fourth-order valence-electron chi connectivity index (χ4n) is 2.84. The number of Topliss-reactive ketones (excluding diaryl/α,β-unsaturated/α-hetero) is 1. The van der Waals surface area contributed by atoms with E-state index in [1.165, 1.54) is 0 Å². The Morgan fingerprint density at radius 3 is 3.05 bits per heavy atom. The predicted molar refractivity (Wildman–Crippen MR) is 73.4 cm³/mol. The van der Waals surface area contributed by atoms with E-state index in [1.807, 2.05) is 19.1 Å². The standard InChI is InChI=1S/C15H17NO4/c1-3-19-15(18)12-8-16-7-6-10(17)13-9(2)4-5-11(20-12)14(13)16/h4-5,12H,3,6-8H2,1-2H3. The number of ketones is 1. The number of hydrogen-bond acceptors (Lipinski definition) is 5. The van der Waals surface area contributed by atoms with E-state index in [4.69, 9.17) is 9.47 Å². The zero-order chi connectivity index (χ0) is 14.3. The quantitative estimate of drug-likeness (QED) is 0.769. The number of ether oxygens (including phenoxy) is 2. The molecule has 1 unspecified atom stereocenters. The van der Waals surface area contributed by atoms with Crippen LogP contribution < -0.4 is 9.64 Å². The lowest BCUT2D eigenvalue weighted by atomic mass is 9.94. The van der Waals surface area contributed by atoms with Crippen molar-refractivity contribution >= 4 is 17.4 Å². The van der Waals surface area contributed by atoms with Crippen molar-refractivity contribution in [3.63, 3.8) is 0 Å². The summed E-state index contributed by atoms with van der Waals surface area (Å²) < 4.78 is 10.8. The van der Waals surface area contributed by atoms with E-state index in [1.54, 1.807) is 6.92 Å². The molecule has 2 heterocycles. The molecule has 0 fully saturated rings. The maximum absolute atomic E-state index is 12.1.